The predicted molar refractivity (Wildman–Crippen MR) is 85.1 cm³/mol. The molecular weight excluding hydrogens is 318 g/mol. The van der Waals surface area contributed by atoms with E-state index in [1.807, 2.05) is 6.92 Å². The van der Waals surface area contributed by atoms with Gasteiger partial charge in [-0.2, -0.15) is 0 Å². The average molecular weight is 332 g/mol. The molecule has 1 amide bonds. The van der Waals surface area contributed by atoms with Crippen LogP contribution >= 0.6 is 11.6 Å². The lowest BCUT2D eigenvalue weighted by molar-refractivity contribution is -0.116. The summed E-state index contributed by atoms with van der Waals surface area (Å²) in [6.07, 6.45) is 2.15. The van der Waals surface area contributed by atoms with Crippen molar-refractivity contribution < 1.29 is 13.6 Å². The molecule has 0 spiro atoms. The zero-order valence-electron chi connectivity index (χ0n) is 12.4. The van der Waals surface area contributed by atoms with Crippen molar-refractivity contribution in [3.05, 3.63) is 53.3 Å². The van der Waals surface area contributed by atoms with Gasteiger partial charge in [0.15, 0.2) is 0 Å². The maximum atomic E-state index is 11.9. The molecule has 3 rings (SSSR count). The highest BCUT2D eigenvalue weighted by Gasteiger charge is 2.14. The van der Waals surface area contributed by atoms with Crippen LogP contribution in [0.1, 0.15) is 18.1 Å². The van der Waals surface area contributed by atoms with Gasteiger partial charge in [0.25, 0.3) is 5.89 Å². The van der Waals surface area contributed by atoms with E-state index in [4.69, 9.17) is 20.4 Å². The molecule has 0 atom stereocenters. The Balaban J connectivity index is 1.57. The first kappa shape index (κ1) is 15.3. The van der Waals surface area contributed by atoms with Crippen molar-refractivity contribution in [1.29, 1.82) is 0 Å². The maximum Gasteiger partial charge on any atom is 0.251 e. The zero-order chi connectivity index (χ0) is 16.2. The summed E-state index contributed by atoms with van der Waals surface area (Å²) >= 11 is 5.87. The maximum absolute atomic E-state index is 11.9. The topological polar surface area (TPSA) is 81.2 Å². The van der Waals surface area contributed by atoms with Gasteiger partial charge in [-0.3, -0.25) is 4.79 Å². The van der Waals surface area contributed by atoms with Crippen LogP contribution in [0.15, 0.2) is 45.4 Å². The van der Waals surface area contributed by atoms with Crippen molar-refractivity contribution >= 4 is 23.2 Å². The largest absolute Gasteiger partial charge is 0.469 e. The summed E-state index contributed by atoms with van der Waals surface area (Å²) in [5.74, 6) is 1.36. The highest BCUT2D eigenvalue weighted by atomic mass is 35.5. The molecule has 2 heterocycles. The first-order valence-corrected chi connectivity index (χ1v) is 7.42. The van der Waals surface area contributed by atoms with Gasteiger partial charge in [-0.1, -0.05) is 17.7 Å². The Morgan fingerprint density at radius 1 is 1.30 bits per heavy atom. The molecule has 0 saturated heterocycles. The van der Waals surface area contributed by atoms with Gasteiger partial charge in [-0.25, -0.2) is 0 Å². The quantitative estimate of drug-likeness (QED) is 0.767. The highest BCUT2D eigenvalue weighted by Crippen LogP contribution is 2.23. The fourth-order valence-corrected chi connectivity index (χ4v) is 2.27. The average Bonchev–Trinajstić information content (AvgIpc) is 3.13. The number of furan rings is 1. The molecule has 0 aliphatic rings. The Bertz CT molecular complexity index is 825. The number of amides is 1. The van der Waals surface area contributed by atoms with Gasteiger partial charge in [0, 0.05) is 23.6 Å². The second-order valence-corrected chi connectivity index (χ2v) is 5.39. The number of nitrogens with one attached hydrogen (secondary N) is 1. The summed E-state index contributed by atoms with van der Waals surface area (Å²) in [5.41, 5.74) is 1.41. The molecule has 0 saturated carbocycles. The summed E-state index contributed by atoms with van der Waals surface area (Å²) in [4.78, 5) is 11.9. The minimum atomic E-state index is -0.147. The van der Waals surface area contributed by atoms with E-state index in [9.17, 15) is 4.79 Å². The van der Waals surface area contributed by atoms with E-state index in [0.717, 1.165) is 5.56 Å². The molecule has 6 nitrogen and oxygen atoms in total. The molecule has 0 fully saturated rings. The number of nitrogens with zero attached hydrogens (tertiary/aromatic N) is 2. The fraction of sp³-hybridized carbons (Fsp3) is 0.188. The Morgan fingerprint density at radius 2 is 2.17 bits per heavy atom. The van der Waals surface area contributed by atoms with Crippen LogP contribution in [0, 0.1) is 6.92 Å². The summed E-state index contributed by atoms with van der Waals surface area (Å²) < 4.78 is 10.7. The summed E-state index contributed by atoms with van der Waals surface area (Å²) in [6.45, 7) is 1.82. The van der Waals surface area contributed by atoms with Crippen molar-refractivity contribution in [3.8, 4) is 11.5 Å². The first-order valence-electron chi connectivity index (χ1n) is 7.04. The van der Waals surface area contributed by atoms with Crippen molar-refractivity contribution in [2.75, 3.05) is 5.32 Å². The first-order chi connectivity index (χ1) is 11.1. The normalized spacial score (nSPS) is 10.7. The van der Waals surface area contributed by atoms with Crippen LogP contribution < -0.4 is 5.32 Å². The van der Waals surface area contributed by atoms with E-state index in [1.54, 1.807) is 36.6 Å². The Kier molecular flexibility index (Phi) is 4.43. The van der Waals surface area contributed by atoms with Gasteiger partial charge in [0.1, 0.15) is 5.76 Å². The minimum Gasteiger partial charge on any atom is -0.469 e. The van der Waals surface area contributed by atoms with Gasteiger partial charge < -0.3 is 14.2 Å². The third kappa shape index (κ3) is 3.78. The standard InChI is InChI=1S/C16H14ClN3O3/c1-10-13(7-8-22-10)16-20-19-15(23-16)6-5-14(21)18-12-4-2-3-11(17)9-12/h2-4,7-9H,5-6H2,1H3,(H,18,21). The zero-order valence-corrected chi connectivity index (χ0v) is 13.1. The van der Waals surface area contributed by atoms with Gasteiger partial charge in [0.2, 0.25) is 11.8 Å². The molecule has 0 bridgehead atoms. The molecule has 7 heteroatoms. The van der Waals surface area contributed by atoms with Crippen LogP contribution in [0.3, 0.4) is 0 Å². The van der Waals surface area contributed by atoms with E-state index >= 15 is 0 Å². The number of halogens is 1. The lowest BCUT2D eigenvalue weighted by Crippen LogP contribution is -2.12. The molecule has 1 aromatic carbocycles. The molecule has 118 valence electrons. The second-order valence-electron chi connectivity index (χ2n) is 4.95. The van der Waals surface area contributed by atoms with Crippen molar-refractivity contribution in [2.45, 2.75) is 19.8 Å². The minimum absolute atomic E-state index is 0.147. The molecule has 0 aliphatic carbocycles. The van der Waals surface area contributed by atoms with Crippen molar-refractivity contribution in [2.24, 2.45) is 0 Å². The molecule has 3 aromatic rings. The Labute approximate surface area is 137 Å². The Hall–Kier alpha value is -2.60. The van der Waals surface area contributed by atoms with E-state index in [2.05, 4.69) is 15.5 Å². The summed E-state index contributed by atoms with van der Waals surface area (Å²) in [6, 6.07) is 8.74. The van der Waals surface area contributed by atoms with Crippen LogP contribution in [0.25, 0.3) is 11.5 Å². The third-order valence-corrected chi connectivity index (χ3v) is 3.47. The number of carbonyl (C=O) groups excluding carboxylic acids is 1. The number of carbonyl (C=O) groups is 1. The van der Waals surface area contributed by atoms with Gasteiger partial charge >= 0.3 is 0 Å². The van der Waals surface area contributed by atoms with Crippen LogP contribution in [0.5, 0.6) is 0 Å². The lowest BCUT2D eigenvalue weighted by atomic mass is 10.2. The Morgan fingerprint density at radius 3 is 2.91 bits per heavy atom. The molecule has 0 unspecified atom stereocenters. The molecular formula is C16H14ClN3O3. The number of hydrogen-bond acceptors (Lipinski definition) is 5. The smallest absolute Gasteiger partial charge is 0.251 e. The number of aromatic nitrogens is 2. The summed E-state index contributed by atoms with van der Waals surface area (Å²) in [5, 5.41) is 11.3. The number of anilines is 1. The van der Waals surface area contributed by atoms with Crippen molar-refractivity contribution in [1.82, 2.24) is 10.2 Å². The van der Waals surface area contributed by atoms with Crippen LogP contribution in [0.2, 0.25) is 5.02 Å². The van der Waals surface area contributed by atoms with Gasteiger partial charge in [0.05, 0.1) is 11.8 Å². The molecule has 1 N–H and O–H groups in total. The second kappa shape index (κ2) is 6.66. The van der Waals surface area contributed by atoms with E-state index in [-0.39, 0.29) is 12.3 Å². The van der Waals surface area contributed by atoms with E-state index < -0.39 is 0 Å². The number of aryl methyl sites for hydroxylation is 2. The summed E-state index contributed by atoms with van der Waals surface area (Å²) in [7, 11) is 0. The number of rotatable bonds is 5. The van der Waals surface area contributed by atoms with Crippen LogP contribution in [-0.2, 0) is 11.2 Å². The predicted octanol–water partition coefficient (Wildman–Crippen LogP) is 3.86. The fourth-order valence-electron chi connectivity index (χ4n) is 2.08. The molecule has 23 heavy (non-hydrogen) atoms. The number of benzene rings is 1. The van der Waals surface area contributed by atoms with E-state index in [1.165, 1.54) is 0 Å². The molecule has 0 aliphatic heterocycles. The van der Waals surface area contributed by atoms with E-state index in [0.29, 0.717) is 34.7 Å². The third-order valence-electron chi connectivity index (χ3n) is 3.23. The van der Waals surface area contributed by atoms with Gasteiger partial charge in [-0.05, 0) is 31.2 Å². The van der Waals surface area contributed by atoms with Crippen LogP contribution in [-0.4, -0.2) is 16.1 Å². The molecule has 0 radical (unpaired) electrons. The van der Waals surface area contributed by atoms with Crippen molar-refractivity contribution in [3.63, 3.8) is 0 Å². The highest BCUT2D eigenvalue weighted by molar-refractivity contribution is 6.30. The van der Waals surface area contributed by atoms with Gasteiger partial charge in [-0.15, -0.1) is 10.2 Å². The lowest BCUT2D eigenvalue weighted by Gasteiger charge is -2.04. The molecule has 2 aromatic heterocycles. The number of hydrogen-bond donors (Lipinski definition) is 1. The monoisotopic (exact) mass is 331 g/mol. The van der Waals surface area contributed by atoms with Crippen LogP contribution in [0.4, 0.5) is 5.69 Å². The SMILES string of the molecule is Cc1occc1-c1nnc(CCC(=O)Nc2cccc(Cl)c2)o1.